The second-order valence-electron chi connectivity index (χ2n) is 9.88. The molecule has 0 aromatic carbocycles. The molecule has 0 radical (unpaired) electrons. The van der Waals surface area contributed by atoms with Gasteiger partial charge in [-0.3, -0.25) is 0 Å². The molecule has 0 atom stereocenters. The number of hydrogen-bond acceptors (Lipinski definition) is 2. The Morgan fingerprint density at radius 1 is 0.423 bits per heavy atom. The molecular weight excluding hydrogens is 316 g/mol. The first kappa shape index (κ1) is 20.6. The highest BCUT2D eigenvalue weighted by atomic mass is 14.9. The predicted octanol–water partition coefficient (Wildman–Crippen LogP) is 5.91. The summed E-state index contributed by atoms with van der Waals surface area (Å²) in [6.45, 7) is 5.11. The van der Waals surface area contributed by atoms with Gasteiger partial charge in [0.05, 0.1) is 0 Å². The van der Waals surface area contributed by atoms with Crippen LogP contribution in [0.3, 0.4) is 0 Å². The molecule has 3 aliphatic carbocycles. The highest BCUT2D eigenvalue weighted by Crippen LogP contribution is 2.29. The minimum Gasteiger partial charge on any atom is -0.316 e. The molecule has 0 saturated heterocycles. The number of hydrogen-bond donors (Lipinski definition) is 2. The third-order valence-electron chi connectivity index (χ3n) is 7.74. The normalized spacial score (nSPS) is 29.1. The first-order valence-corrected chi connectivity index (χ1v) is 12.3. The molecule has 3 saturated carbocycles. The van der Waals surface area contributed by atoms with Crippen LogP contribution < -0.4 is 10.6 Å². The molecule has 152 valence electrons. The van der Waals surface area contributed by atoms with Crippen LogP contribution in [0, 0.1) is 23.7 Å². The van der Waals surface area contributed by atoms with Gasteiger partial charge in [-0.25, -0.2) is 0 Å². The van der Waals surface area contributed by atoms with Crippen LogP contribution in [0.25, 0.3) is 0 Å². The molecule has 0 unspecified atom stereocenters. The standard InChI is InChI=1S/C24H46N2/c1-3-7-21(8-4-1)15-17-25-19-23-11-13-24(14-12-23)20-26-18-16-22-9-5-2-6-10-22/h21-26H,1-20H2. The molecule has 2 nitrogen and oxygen atoms in total. The van der Waals surface area contributed by atoms with Crippen LogP contribution >= 0.6 is 0 Å². The molecule has 26 heavy (non-hydrogen) atoms. The second-order valence-corrected chi connectivity index (χ2v) is 9.88. The van der Waals surface area contributed by atoms with Crippen LogP contribution in [0.4, 0.5) is 0 Å². The third-order valence-corrected chi connectivity index (χ3v) is 7.74. The Kier molecular flexibility index (Phi) is 9.84. The molecular formula is C24H46N2. The summed E-state index contributed by atoms with van der Waals surface area (Å²) in [6.07, 6.45) is 23.7. The van der Waals surface area contributed by atoms with Gasteiger partial charge in [0.15, 0.2) is 0 Å². The Morgan fingerprint density at radius 2 is 0.808 bits per heavy atom. The van der Waals surface area contributed by atoms with E-state index in [-0.39, 0.29) is 0 Å². The van der Waals surface area contributed by atoms with E-state index in [0.717, 1.165) is 23.7 Å². The topological polar surface area (TPSA) is 24.1 Å². The summed E-state index contributed by atoms with van der Waals surface area (Å²) < 4.78 is 0. The minimum atomic E-state index is 0.958. The summed E-state index contributed by atoms with van der Waals surface area (Å²) in [5.74, 6) is 3.98. The molecule has 3 rings (SSSR count). The maximum absolute atomic E-state index is 3.79. The van der Waals surface area contributed by atoms with E-state index in [0.29, 0.717) is 0 Å². The van der Waals surface area contributed by atoms with Crippen molar-refractivity contribution >= 4 is 0 Å². The van der Waals surface area contributed by atoms with Gasteiger partial charge in [0.1, 0.15) is 0 Å². The monoisotopic (exact) mass is 362 g/mol. The van der Waals surface area contributed by atoms with E-state index in [2.05, 4.69) is 10.6 Å². The summed E-state index contributed by atoms with van der Waals surface area (Å²) in [7, 11) is 0. The average molecular weight is 363 g/mol. The van der Waals surface area contributed by atoms with E-state index in [9.17, 15) is 0 Å². The zero-order valence-electron chi connectivity index (χ0n) is 17.5. The summed E-state index contributed by atoms with van der Waals surface area (Å²) in [6, 6.07) is 0. The van der Waals surface area contributed by atoms with E-state index >= 15 is 0 Å². The van der Waals surface area contributed by atoms with Gasteiger partial charge in [-0.1, -0.05) is 64.2 Å². The maximum atomic E-state index is 3.79. The van der Waals surface area contributed by atoms with Gasteiger partial charge in [-0.05, 0) is 88.4 Å². The van der Waals surface area contributed by atoms with Crippen molar-refractivity contribution in [3.05, 3.63) is 0 Å². The summed E-state index contributed by atoms with van der Waals surface area (Å²) in [5, 5.41) is 7.58. The zero-order valence-corrected chi connectivity index (χ0v) is 17.5. The van der Waals surface area contributed by atoms with Gasteiger partial charge in [-0.15, -0.1) is 0 Å². The van der Waals surface area contributed by atoms with Gasteiger partial charge >= 0.3 is 0 Å². The van der Waals surface area contributed by atoms with E-state index < -0.39 is 0 Å². The quantitative estimate of drug-likeness (QED) is 0.472. The van der Waals surface area contributed by atoms with Crippen molar-refractivity contribution in [2.45, 2.75) is 103 Å². The Hall–Kier alpha value is -0.0800. The van der Waals surface area contributed by atoms with Gasteiger partial charge in [-0.2, -0.15) is 0 Å². The molecule has 2 heteroatoms. The molecule has 2 N–H and O–H groups in total. The van der Waals surface area contributed by atoms with Crippen molar-refractivity contribution in [3.8, 4) is 0 Å². The smallest absolute Gasteiger partial charge is 0.00205 e. The van der Waals surface area contributed by atoms with Crippen molar-refractivity contribution in [1.82, 2.24) is 10.6 Å². The van der Waals surface area contributed by atoms with Gasteiger partial charge in [0, 0.05) is 0 Å². The fourth-order valence-electron chi connectivity index (χ4n) is 5.82. The van der Waals surface area contributed by atoms with Gasteiger partial charge in [0.2, 0.25) is 0 Å². The molecule has 0 bridgehead atoms. The predicted molar refractivity (Wildman–Crippen MR) is 114 cm³/mol. The maximum Gasteiger partial charge on any atom is -0.00205 e. The van der Waals surface area contributed by atoms with Crippen LogP contribution in [0.1, 0.15) is 103 Å². The van der Waals surface area contributed by atoms with Crippen LogP contribution in [0.5, 0.6) is 0 Å². The molecule has 3 fully saturated rings. The van der Waals surface area contributed by atoms with Crippen LogP contribution in [0.2, 0.25) is 0 Å². The van der Waals surface area contributed by atoms with E-state index in [1.165, 1.54) is 129 Å². The first-order valence-electron chi connectivity index (χ1n) is 12.3. The van der Waals surface area contributed by atoms with Crippen LogP contribution in [0.15, 0.2) is 0 Å². The lowest BCUT2D eigenvalue weighted by Crippen LogP contribution is -2.32. The molecule has 0 amide bonds. The van der Waals surface area contributed by atoms with E-state index in [1.807, 2.05) is 0 Å². The lowest BCUT2D eigenvalue weighted by atomic mass is 9.81. The average Bonchev–Trinajstić information content (AvgIpc) is 2.71. The highest BCUT2D eigenvalue weighted by Gasteiger charge is 2.21. The lowest BCUT2D eigenvalue weighted by Gasteiger charge is -2.29. The minimum absolute atomic E-state index is 0.958. The first-order chi connectivity index (χ1) is 12.9. The molecule has 0 spiro atoms. The Balaban J connectivity index is 1.14. The Bertz CT molecular complexity index is 302. The SMILES string of the molecule is C1CCC(CCNCC2CCC(CNCCC3CCCCC3)CC2)CC1. The van der Waals surface area contributed by atoms with E-state index in [1.54, 1.807) is 0 Å². The fourth-order valence-corrected chi connectivity index (χ4v) is 5.82. The van der Waals surface area contributed by atoms with Crippen LogP contribution in [-0.2, 0) is 0 Å². The molecule has 3 aliphatic rings. The van der Waals surface area contributed by atoms with Crippen molar-refractivity contribution < 1.29 is 0 Å². The van der Waals surface area contributed by atoms with Crippen molar-refractivity contribution in [2.24, 2.45) is 23.7 Å². The van der Waals surface area contributed by atoms with E-state index in [4.69, 9.17) is 0 Å². The van der Waals surface area contributed by atoms with Crippen LogP contribution in [-0.4, -0.2) is 26.2 Å². The molecule has 0 heterocycles. The second kappa shape index (κ2) is 12.4. The molecule has 0 aliphatic heterocycles. The zero-order chi connectivity index (χ0) is 17.9. The van der Waals surface area contributed by atoms with Gasteiger partial charge < -0.3 is 10.6 Å². The van der Waals surface area contributed by atoms with Gasteiger partial charge in [0.25, 0.3) is 0 Å². The lowest BCUT2D eigenvalue weighted by molar-refractivity contribution is 0.254. The summed E-state index contributed by atoms with van der Waals surface area (Å²) in [5.41, 5.74) is 0. The highest BCUT2D eigenvalue weighted by molar-refractivity contribution is 4.76. The Labute approximate surface area is 163 Å². The number of rotatable bonds is 10. The fraction of sp³-hybridized carbons (Fsp3) is 1.00. The molecule has 0 aromatic heterocycles. The largest absolute Gasteiger partial charge is 0.316 e. The summed E-state index contributed by atoms with van der Waals surface area (Å²) in [4.78, 5) is 0. The Morgan fingerprint density at radius 3 is 1.19 bits per heavy atom. The van der Waals surface area contributed by atoms with Crippen molar-refractivity contribution in [2.75, 3.05) is 26.2 Å². The van der Waals surface area contributed by atoms with Crippen molar-refractivity contribution in [1.29, 1.82) is 0 Å². The third kappa shape index (κ3) is 7.89. The number of nitrogens with one attached hydrogen (secondary N) is 2. The molecule has 0 aromatic rings. The summed E-state index contributed by atoms with van der Waals surface area (Å²) >= 11 is 0. The van der Waals surface area contributed by atoms with Crippen molar-refractivity contribution in [3.63, 3.8) is 0 Å².